The summed E-state index contributed by atoms with van der Waals surface area (Å²) in [5, 5.41) is 9.93. The fourth-order valence-electron chi connectivity index (χ4n) is 1.67. The zero-order chi connectivity index (χ0) is 9.97. The van der Waals surface area contributed by atoms with Crippen LogP contribution in [0.5, 0.6) is 0 Å². The van der Waals surface area contributed by atoms with Crippen molar-refractivity contribution in [2.24, 2.45) is 0 Å². The molecule has 0 amide bonds. The molecule has 1 aromatic rings. The number of nitrogens with one attached hydrogen (secondary N) is 2. The predicted octanol–water partition coefficient (Wildman–Crippen LogP) is 0.160. The highest BCUT2D eigenvalue weighted by Gasteiger charge is 2.28. The maximum Gasteiger partial charge on any atom is 0.314 e. The van der Waals surface area contributed by atoms with Crippen LogP contribution in [0, 0.1) is 0 Å². The lowest BCUT2D eigenvalue weighted by atomic mass is 9.97. The Labute approximate surface area is 81.8 Å². The first-order valence-electron chi connectivity index (χ1n) is 4.72. The predicted molar refractivity (Wildman–Crippen MR) is 49.7 cm³/mol. The number of aromatic amines is 1. The van der Waals surface area contributed by atoms with Gasteiger partial charge in [-0.1, -0.05) is 0 Å². The van der Waals surface area contributed by atoms with Gasteiger partial charge < -0.3 is 10.1 Å². The van der Waals surface area contributed by atoms with E-state index in [4.69, 9.17) is 4.74 Å². The van der Waals surface area contributed by atoms with Crippen LogP contribution < -0.4 is 5.32 Å². The minimum atomic E-state index is -0.211. The number of carbonyl (C=O) groups excluding carboxylic acids is 1. The summed E-state index contributed by atoms with van der Waals surface area (Å²) in [5.74, 6) is -0.389. The van der Waals surface area contributed by atoms with Crippen molar-refractivity contribution in [3.8, 4) is 0 Å². The van der Waals surface area contributed by atoms with E-state index in [-0.39, 0.29) is 11.9 Å². The van der Waals surface area contributed by atoms with Crippen molar-refractivity contribution in [1.82, 2.24) is 15.5 Å². The van der Waals surface area contributed by atoms with Gasteiger partial charge in [0.1, 0.15) is 0 Å². The number of carbonyl (C=O) groups is 1. The minimum absolute atomic E-state index is 0.178. The molecule has 0 aromatic carbocycles. The molecular formula is C9H13N3O2. The Morgan fingerprint density at radius 3 is 3.43 bits per heavy atom. The minimum Gasteiger partial charge on any atom is -0.465 e. The molecule has 0 bridgehead atoms. The lowest BCUT2D eigenvalue weighted by Gasteiger charge is -2.20. The number of nitrogens with zero attached hydrogens (tertiary/aromatic N) is 1. The van der Waals surface area contributed by atoms with Crippen molar-refractivity contribution in [3.05, 3.63) is 17.5 Å². The second-order valence-electron chi connectivity index (χ2n) is 3.24. The number of rotatable bonds is 2. The highest BCUT2D eigenvalue weighted by Crippen LogP contribution is 2.22. The van der Waals surface area contributed by atoms with Gasteiger partial charge in [-0.3, -0.25) is 9.89 Å². The maximum atomic E-state index is 11.6. The number of hydrogen-bond donors (Lipinski definition) is 2. The van der Waals surface area contributed by atoms with Gasteiger partial charge in [0, 0.05) is 18.7 Å². The fourth-order valence-corrected chi connectivity index (χ4v) is 1.67. The molecule has 2 heterocycles. The van der Waals surface area contributed by atoms with Crippen LogP contribution in [0.1, 0.15) is 24.1 Å². The molecule has 14 heavy (non-hydrogen) atoms. The van der Waals surface area contributed by atoms with Crippen LogP contribution in [-0.2, 0) is 16.1 Å². The smallest absolute Gasteiger partial charge is 0.314 e. The normalized spacial score (nSPS) is 20.2. The molecular weight excluding hydrogens is 182 g/mol. The van der Waals surface area contributed by atoms with Crippen molar-refractivity contribution in [3.63, 3.8) is 0 Å². The summed E-state index contributed by atoms with van der Waals surface area (Å²) in [7, 11) is 0. The van der Waals surface area contributed by atoms with Crippen molar-refractivity contribution in [2.45, 2.75) is 19.4 Å². The van der Waals surface area contributed by atoms with Gasteiger partial charge in [-0.25, -0.2) is 0 Å². The van der Waals surface area contributed by atoms with Gasteiger partial charge in [0.05, 0.1) is 24.4 Å². The van der Waals surface area contributed by atoms with E-state index in [1.165, 1.54) is 0 Å². The highest BCUT2D eigenvalue weighted by atomic mass is 16.5. The molecule has 0 aliphatic carbocycles. The molecule has 0 spiro atoms. The molecule has 2 N–H and O–H groups in total. The van der Waals surface area contributed by atoms with E-state index in [0.29, 0.717) is 13.2 Å². The largest absolute Gasteiger partial charge is 0.465 e. The molecule has 1 aromatic heterocycles. The standard InChI is InChI=1S/C9H13N3O2/c1-2-14-9(13)7-3-10-5-8-6(7)4-11-12-8/h4,7,10H,2-3,5H2,1H3,(H,11,12). The Kier molecular flexibility index (Phi) is 2.49. The Morgan fingerprint density at radius 1 is 1.79 bits per heavy atom. The van der Waals surface area contributed by atoms with Crippen molar-refractivity contribution >= 4 is 5.97 Å². The van der Waals surface area contributed by atoms with Crippen LogP contribution >= 0.6 is 0 Å². The number of H-pyrrole nitrogens is 1. The van der Waals surface area contributed by atoms with Crippen LogP contribution in [0.2, 0.25) is 0 Å². The van der Waals surface area contributed by atoms with Crippen LogP contribution in [0.25, 0.3) is 0 Å². The van der Waals surface area contributed by atoms with Gasteiger partial charge >= 0.3 is 5.97 Å². The molecule has 0 fully saturated rings. The highest BCUT2D eigenvalue weighted by molar-refractivity contribution is 5.79. The maximum absolute atomic E-state index is 11.6. The summed E-state index contributed by atoms with van der Waals surface area (Å²) >= 11 is 0. The number of hydrogen-bond acceptors (Lipinski definition) is 4. The second kappa shape index (κ2) is 3.79. The van der Waals surface area contributed by atoms with Crippen molar-refractivity contribution in [2.75, 3.05) is 13.2 Å². The van der Waals surface area contributed by atoms with Crippen molar-refractivity contribution in [1.29, 1.82) is 0 Å². The van der Waals surface area contributed by atoms with Gasteiger partial charge in [-0.05, 0) is 6.92 Å². The van der Waals surface area contributed by atoms with E-state index in [1.807, 2.05) is 6.92 Å². The van der Waals surface area contributed by atoms with Gasteiger partial charge in [0.15, 0.2) is 0 Å². The summed E-state index contributed by atoms with van der Waals surface area (Å²) in [6, 6.07) is 0. The molecule has 2 rings (SSSR count). The molecule has 0 saturated carbocycles. The van der Waals surface area contributed by atoms with E-state index in [0.717, 1.165) is 17.8 Å². The summed E-state index contributed by atoms with van der Waals surface area (Å²) in [6.07, 6.45) is 1.71. The van der Waals surface area contributed by atoms with E-state index >= 15 is 0 Å². The number of ether oxygens (including phenoxy) is 1. The summed E-state index contributed by atoms with van der Waals surface area (Å²) in [6.45, 7) is 3.60. The van der Waals surface area contributed by atoms with Crippen LogP contribution in [0.4, 0.5) is 0 Å². The summed E-state index contributed by atoms with van der Waals surface area (Å²) in [4.78, 5) is 11.6. The van der Waals surface area contributed by atoms with E-state index in [9.17, 15) is 4.79 Å². The average molecular weight is 195 g/mol. The Bertz CT molecular complexity index is 335. The Balaban J connectivity index is 2.19. The molecule has 76 valence electrons. The molecule has 1 atom stereocenters. The zero-order valence-electron chi connectivity index (χ0n) is 8.04. The van der Waals surface area contributed by atoms with Crippen LogP contribution in [0.15, 0.2) is 6.20 Å². The first kappa shape index (κ1) is 9.21. The monoisotopic (exact) mass is 195 g/mol. The molecule has 5 nitrogen and oxygen atoms in total. The van der Waals surface area contributed by atoms with Crippen LogP contribution in [0.3, 0.4) is 0 Å². The zero-order valence-corrected chi connectivity index (χ0v) is 8.04. The first-order valence-corrected chi connectivity index (χ1v) is 4.72. The van der Waals surface area contributed by atoms with Gasteiger partial charge in [-0.15, -0.1) is 0 Å². The van der Waals surface area contributed by atoms with E-state index < -0.39 is 0 Å². The number of aromatic nitrogens is 2. The van der Waals surface area contributed by atoms with Gasteiger partial charge in [0.25, 0.3) is 0 Å². The molecule has 1 aliphatic heterocycles. The molecule has 0 radical (unpaired) electrons. The molecule has 0 saturated heterocycles. The Hall–Kier alpha value is -1.36. The topological polar surface area (TPSA) is 67.0 Å². The van der Waals surface area contributed by atoms with Crippen LogP contribution in [-0.4, -0.2) is 29.3 Å². The van der Waals surface area contributed by atoms with Gasteiger partial charge in [-0.2, -0.15) is 5.10 Å². The third-order valence-corrected chi connectivity index (χ3v) is 2.35. The third kappa shape index (κ3) is 1.50. The molecule has 1 unspecified atom stereocenters. The van der Waals surface area contributed by atoms with Gasteiger partial charge in [0.2, 0.25) is 0 Å². The summed E-state index contributed by atoms with van der Waals surface area (Å²) in [5.41, 5.74) is 1.94. The van der Waals surface area contributed by atoms with E-state index in [2.05, 4.69) is 15.5 Å². The lowest BCUT2D eigenvalue weighted by Crippen LogP contribution is -2.33. The van der Waals surface area contributed by atoms with Crippen molar-refractivity contribution < 1.29 is 9.53 Å². The average Bonchev–Trinajstić information content (AvgIpc) is 2.65. The molecule has 5 heteroatoms. The quantitative estimate of drug-likeness (QED) is 0.660. The first-order chi connectivity index (χ1) is 6.83. The lowest BCUT2D eigenvalue weighted by molar-refractivity contribution is -0.145. The molecule has 1 aliphatic rings. The number of esters is 1. The summed E-state index contributed by atoms with van der Waals surface area (Å²) < 4.78 is 4.99. The third-order valence-electron chi connectivity index (χ3n) is 2.35. The number of fused-ring (bicyclic) bond motifs is 1. The SMILES string of the molecule is CCOC(=O)C1CNCc2[nH]ncc21. The fraction of sp³-hybridized carbons (Fsp3) is 0.556. The van der Waals surface area contributed by atoms with E-state index in [1.54, 1.807) is 6.20 Å². The second-order valence-corrected chi connectivity index (χ2v) is 3.24. The Morgan fingerprint density at radius 2 is 2.64 bits per heavy atom.